The van der Waals surface area contributed by atoms with Crippen molar-refractivity contribution in [2.45, 2.75) is 69.7 Å². The molecule has 0 amide bonds. The third kappa shape index (κ3) is 3.41. The van der Waals surface area contributed by atoms with E-state index < -0.39 is 24.2 Å². The van der Waals surface area contributed by atoms with E-state index >= 15 is 0 Å². The van der Waals surface area contributed by atoms with Gasteiger partial charge in [-0.1, -0.05) is 0 Å². The molecule has 1 aliphatic heterocycles. The zero-order valence-electron chi connectivity index (χ0n) is 12.5. The Bertz CT molecular complexity index is 404. The molecule has 0 bridgehead atoms. The molecule has 7 heteroatoms. The fraction of sp³-hybridized carbons (Fsp3) is 0.933. The third-order valence-corrected chi connectivity index (χ3v) is 5.39. The van der Waals surface area contributed by atoms with Gasteiger partial charge in [-0.25, -0.2) is 8.78 Å². The lowest BCUT2D eigenvalue weighted by atomic mass is 9.78. The maximum Gasteiger partial charge on any atom is 0.309 e. The molecule has 5 nitrogen and oxygen atoms in total. The molecule has 0 aromatic rings. The fourth-order valence-electron chi connectivity index (χ4n) is 3.96. The zero-order valence-corrected chi connectivity index (χ0v) is 12.5. The monoisotopic (exact) mass is 318 g/mol. The minimum atomic E-state index is -1.26. The van der Waals surface area contributed by atoms with Gasteiger partial charge in [-0.3, -0.25) is 14.9 Å². The van der Waals surface area contributed by atoms with Gasteiger partial charge >= 0.3 is 5.97 Å². The van der Waals surface area contributed by atoms with Crippen LogP contribution < -0.4 is 10.8 Å². The summed E-state index contributed by atoms with van der Waals surface area (Å²) in [7, 11) is 0. The van der Waals surface area contributed by atoms with E-state index in [1.54, 1.807) is 0 Å². The molecule has 5 unspecified atom stereocenters. The lowest BCUT2D eigenvalue weighted by Crippen LogP contribution is -2.46. The van der Waals surface area contributed by atoms with Gasteiger partial charge in [-0.15, -0.1) is 0 Å². The van der Waals surface area contributed by atoms with Crippen molar-refractivity contribution in [1.82, 2.24) is 10.8 Å². The molecule has 5 atom stereocenters. The molecule has 3 fully saturated rings. The predicted octanol–water partition coefficient (Wildman–Crippen LogP) is 2.13. The Morgan fingerprint density at radius 1 is 1.05 bits per heavy atom. The van der Waals surface area contributed by atoms with Crippen molar-refractivity contribution in [2.75, 3.05) is 0 Å². The Labute approximate surface area is 128 Å². The highest BCUT2D eigenvalue weighted by atomic mass is 19.1. The Morgan fingerprint density at radius 2 is 1.73 bits per heavy atom. The minimum Gasteiger partial charge on any atom is -0.481 e. The summed E-state index contributed by atoms with van der Waals surface area (Å²) in [6.45, 7) is 0. The molecular weight excluding hydrogens is 294 g/mol. The lowest BCUT2D eigenvalue weighted by Gasteiger charge is -2.33. The van der Waals surface area contributed by atoms with Gasteiger partial charge < -0.3 is 5.11 Å². The number of alkyl halides is 2. The summed E-state index contributed by atoms with van der Waals surface area (Å²) in [5.74, 6) is -1.68. The first-order valence-corrected chi connectivity index (χ1v) is 8.22. The summed E-state index contributed by atoms with van der Waals surface area (Å²) in [6.07, 6.45) is 1.70. The number of hydroxylamine groups is 1. The van der Waals surface area contributed by atoms with Gasteiger partial charge in [0.2, 0.25) is 0 Å². The van der Waals surface area contributed by atoms with E-state index in [0.29, 0.717) is 25.7 Å². The topological polar surface area (TPSA) is 70.6 Å². The van der Waals surface area contributed by atoms with Gasteiger partial charge in [-0.2, -0.15) is 5.48 Å². The molecule has 22 heavy (non-hydrogen) atoms. The van der Waals surface area contributed by atoms with Crippen molar-refractivity contribution in [1.29, 1.82) is 0 Å². The third-order valence-electron chi connectivity index (χ3n) is 5.39. The van der Waals surface area contributed by atoms with Crippen molar-refractivity contribution in [2.24, 2.45) is 17.8 Å². The summed E-state index contributed by atoms with van der Waals surface area (Å²) in [6, 6.07) is 0. The summed E-state index contributed by atoms with van der Waals surface area (Å²) >= 11 is 0. The Kier molecular flexibility index (Phi) is 4.94. The quantitative estimate of drug-likeness (QED) is 0.744. The maximum atomic E-state index is 13.7. The van der Waals surface area contributed by atoms with Crippen LogP contribution in [0, 0.1) is 17.8 Å². The highest BCUT2D eigenvalue weighted by molar-refractivity contribution is 5.70. The summed E-state index contributed by atoms with van der Waals surface area (Å²) in [5, 5.41) is 12.5. The van der Waals surface area contributed by atoms with Gasteiger partial charge in [0, 0.05) is 5.92 Å². The molecule has 126 valence electrons. The van der Waals surface area contributed by atoms with E-state index in [1.807, 2.05) is 0 Å². The minimum absolute atomic E-state index is 0.0376. The molecule has 3 rings (SSSR count). The molecule has 3 aliphatic rings. The smallest absolute Gasteiger partial charge is 0.309 e. The highest BCUT2D eigenvalue weighted by Crippen LogP contribution is 2.36. The number of rotatable bonds is 3. The van der Waals surface area contributed by atoms with Crippen LogP contribution >= 0.6 is 0 Å². The molecule has 0 spiro atoms. The molecule has 2 aliphatic carbocycles. The van der Waals surface area contributed by atoms with E-state index in [9.17, 15) is 13.6 Å². The largest absolute Gasteiger partial charge is 0.481 e. The first kappa shape index (κ1) is 16.1. The van der Waals surface area contributed by atoms with Crippen molar-refractivity contribution in [3.8, 4) is 0 Å². The number of hydrogen-bond donors (Lipinski definition) is 3. The fourth-order valence-corrected chi connectivity index (χ4v) is 3.96. The average Bonchev–Trinajstić information content (AvgIpc) is 2.98. The molecular formula is C15H24F2N2O3. The van der Waals surface area contributed by atoms with Crippen LogP contribution in [0.3, 0.4) is 0 Å². The Morgan fingerprint density at radius 3 is 2.41 bits per heavy atom. The van der Waals surface area contributed by atoms with Crippen LogP contribution in [-0.4, -0.2) is 35.8 Å². The number of aliphatic carboxylic acids is 1. The summed E-state index contributed by atoms with van der Waals surface area (Å²) in [5.41, 5.74) is 2.94. The van der Waals surface area contributed by atoms with Crippen LogP contribution in [0.25, 0.3) is 0 Å². The lowest BCUT2D eigenvalue weighted by molar-refractivity contribution is -0.146. The highest BCUT2D eigenvalue weighted by Gasteiger charge is 2.42. The number of nitrogens with one attached hydrogen (secondary N) is 2. The van der Waals surface area contributed by atoms with Gasteiger partial charge in [0.05, 0.1) is 12.1 Å². The number of carbonyl (C=O) groups is 1. The van der Waals surface area contributed by atoms with Gasteiger partial charge in [-0.05, 0) is 50.9 Å². The van der Waals surface area contributed by atoms with Gasteiger partial charge in [0.25, 0.3) is 0 Å². The van der Waals surface area contributed by atoms with Crippen LogP contribution in [0.5, 0.6) is 0 Å². The van der Waals surface area contributed by atoms with Crippen LogP contribution in [0.2, 0.25) is 0 Å². The van der Waals surface area contributed by atoms with Crippen molar-refractivity contribution >= 4 is 5.97 Å². The Balaban J connectivity index is 1.53. The molecule has 3 N–H and O–H groups in total. The van der Waals surface area contributed by atoms with Crippen molar-refractivity contribution < 1.29 is 23.5 Å². The number of carboxylic acid groups (broad SMARTS) is 1. The second-order valence-corrected chi connectivity index (χ2v) is 6.85. The Hall–Kier alpha value is -0.790. The number of carboxylic acids is 1. The van der Waals surface area contributed by atoms with Crippen molar-refractivity contribution in [3.05, 3.63) is 0 Å². The second-order valence-electron chi connectivity index (χ2n) is 6.85. The number of hydrogen-bond acceptors (Lipinski definition) is 4. The van der Waals surface area contributed by atoms with Crippen molar-refractivity contribution in [3.63, 3.8) is 0 Å². The summed E-state index contributed by atoms with van der Waals surface area (Å²) in [4.78, 5) is 16.7. The van der Waals surface area contributed by atoms with Crippen LogP contribution in [-0.2, 0) is 9.63 Å². The van der Waals surface area contributed by atoms with Gasteiger partial charge in [0.15, 0.2) is 0 Å². The zero-order chi connectivity index (χ0) is 15.7. The molecule has 0 radical (unpaired) electrons. The number of halogens is 2. The van der Waals surface area contributed by atoms with E-state index in [0.717, 1.165) is 12.8 Å². The van der Waals surface area contributed by atoms with Gasteiger partial charge in [0.1, 0.15) is 18.6 Å². The molecule has 0 aromatic heterocycles. The predicted molar refractivity (Wildman–Crippen MR) is 75.1 cm³/mol. The van der Waals surface area contributed by atoms with E-state index in [-0.39, 0.29) is 30.7 Å². The first-order chi connectivity index (χ1) is 10.5. The average molecular weight is 318 g/mol. The normalized spacial score (nSPS) is 46.5. The van der Waals surface area contributed by atoms with Crippen LogP contribution in [0.15, 0.2) is 0 Å². The molecule has 0 aromatic carbocycles. The van der Waals surface area contributed by atoms with E-state index in [4.69, 9.17) is 9.94 Å². The second kappa shape index (κ2) is 6.76. The molecule has 1 saturated heterocycles. The van der Waals surface area contributed by atoms with E-state index in [1.165, 1.54) is 0 Å². The van der Waals surface area contributed by atoms with Crippen LogP contribution in [0.4, 0.5) is 8.78 Å². The SMILES string of the molecule is O=C(O)C1CC(C2NOC(C3CCC(F)CC3)N2)CCC1F. The molecule has 2 saturated carbocycles. The van der Waals surface area contributed by atoms with E-state index in [2.05, 4.69) is 10.8 Å². The molecule has 1 heterocycles. The first-order valence-electron chi connectivity index (χ1n) is 8.22. The maximum absolute atomic E-state index is 13.7. The standard InChI is InChI=1S/C15H24F2N2O3/c16-10-4-1-8(2-5-10)14-18-13(19-22-14)9-3-6-12(17)11(7-9)15(20)21/h8-14,18-19H,1-7H2,(H,20,21). The summed E-state index contributed by atoms with van der Waals surface area (Å²) < 4.78 is 26.9. The van der Waals surface area contributed by atoms with Crippen LogP contribution in [0.1, 0.15) is 44.9 Å².